The number of nitriles is 1. The molecule has 1 aliphatic rings. The number of thiophene rings is 1. The Bertz CT molecular complexity index is 2040. The third-order valence-corrected chi connectivity index (χ3v) is 9.70. The summed E-state index contributed by atoms with van der Waals surface area (Å²) >= 11 is 1.05. The number of nitrogens with zero attached hydrogens (tertiary/aromatic N) is 6. The molecule has 5 heterocycles. The van der Waals surface area contributed by atoms with E-state index in [0.717, 1.165) is 66.4 Å². The summed E-state index contributed by atoms with van der Waals surface area (Å²) in [5.74, 6) is 0.188. The van der Waals surface area contributed by atoms with E-state index in [2.05, 4.69) is 56.1 Å². The Morgan fingerprint density at radius 2 is 1.94 bits per heavy atom. The number of hydrogen-bond donors (Lipinski definition) is 3. The molecule has 6 rings (SSSR count). The summed E-state index contributed by atoms with van der Waals surface area (Å²) in [4.78, 5) is 27.2. The molecular weight excluding hydrogens is 641 g/mol. The first-order valence-corrected chi connectivity index (χ1v) is 16.3. The van der Waals surface area contributed by atoms with E-state index in [9.17, 15) is 28.3 Å². The largest absolute Gasteiger partial charge is 0.493 e. The maximum atomic E-state index is 12.9. The molecule has 0 saturated carbocycles. The number of alkyl halides is 3. The van der Waals surface area contributed by atoms with Crippen LogP contribution in [0.3, 0.4) is 0 Å². The monoisotopic (exact) mass is 674 g/mol. The maximum Gasteiger partial charge on any atom is 0.393 e. The first kappa shape index (κ1) is 32.9. The van der Waals surface area contributed by atoms with Gasteiger partial charge >= 0.3 is 6.18 Å². The Labute approximate surface area is 278 Å². The fraction of sp³-hybridized carbons (Fsp3) is 0.324. The van der Waals surface area contributed by atoms with Gasteiger partial charge in [0, 0.05) is 53.6 Å². The molecular formula is C34H33F3N8O2S. The Morgan fingerprint density at radius 1 is 1.17 bits per heavy atom. The van der Waals surface area contributed by atoms with Gasteiger partial charge in [0.2, 0.25) is 11.8 Å². The van der Waals surface area contributed by atoms with Crippen LogP contribution in [0.25, 0.3) is 21.1 Å². The first-order valence-electron chi connectivity index (χ1n) is 15.4. The van der Waals surface area contributed by atoms with Gasteiger partial charge < -0.3 is 20.3 Å². The predicted molar refractivity (Wildman–Crippen MR) is 179 cm³/mol. The number of rotatable bonds is 10. The van der Waals surface area contributed by atoms with Crippen molar-refractivity contribution in [2.45, 2.75) is 57.9 Å². The van der Waals surface area contributed by atoms with E-state index in [1.54, 1.807) is 18.2 Å². The Morgan fingerprint density at radius 3 is 2.65 bits per heavy atom. The number of aromatic nitrogens is 4. The van der Waals surface area contributed by atoms with Crippen molar-refractivity contribution in [2.75, 3.05) is 23.7 Å². The van der Waals surface area contributed by atoms with Crippen LogP contribution >= 0.6 is 11.3 Å². The van der Waals surface area contributed by atoms with Crippen molar-refractivity contribution in [1.29, 1.82) is 5.26 Å². The molecule has 14 heteroatoms. The van der Waals surface area contributed by atoms with Crippen LogP contribution in [0.5, 0.6) is 5.88 Å². The van der Waals surface area contributed by atoms with Gasteiger partial charge in [0.05, 0.1) is 11.8 Å². The molecule has 0 spiro atoms. The summed E-state index contributed by atoms with van der Waals surface area (Å²) in [5.41, 5.74) is 4.32. The topological polar surface area (TPSA) is 132 Å². The summed E-state index contributed by atoms with van der Waals surface area (Å²) in [6.45, 7) is 8.35. The molecule has 248 valence electrons. The van der Waals surface area contributed by atoms with Crippen LogP contribution in [0.4, 0.5) is 24.8 Å². The number of anilines is 2. The second-order valence-electron chi connectivity index (χ2n) is 11.8. The number of carbonyl (C=O) groups is 1. The highest BCUT2D eigenvalue weighted by atomic mass is 32.1. The third-order valence-electron chi connectivity index (χ3n) is 8.66. The average Bonchev–Trinajstić information content (AvgIpc) is 3.63. The van der Waals surface area contributed by atoms with Crippen LogP contribution in [0.2, 0.25) is 0 Å². The van der Waals surface area contributed by atoms with Crippen molar-refractivity contribution in [1.82, 2.24) is 24.4 Å². The summed E-state index contributed by atoms with van der Waals surface area (Å²) in [6, 6.07) is 13.3. The molecule has 1 fully saturated rings. The average molecular weight is 675 g/mol. The second kappa shape index (κ2) is 13.6. The van der Waals surface area contributed by atoms with Crippen LogP contribution < -0.4 is 10.6 Å². The number of hydrogen-bond acceptors (Lipinski definition) is 9. The lowest BCUT2D eigenvalue weighted by atomic mass is 10.0. The number of nitrogens with one attached hydrogen (secondary N) is 2. The molecule has 0 atom stereocenters. The van der Waals surface area contributed by atoms with Gasteiger partial charge in [-0.05, 0) is 73.7 Å². The number of likely N-dealkylation sites (tertiary alicyclic amines) is 1. The predicted octanol–water partition coefficient (Wildman–Crippen LogP) is 6.48. The zero-order chi connectivity index (χ0) is 34.0. The molecule has 0 bridgehead atoms. The third kappa shape index (κ3) is 7.27. The molecule has 0 aliphatic carbocycles. The number of amides is 1. The maximum absolute atomic E-state index is 12.9. The molecule has 1 saturated heterocycles. The number of aromatic hydroxyl groups is 1. The fourth-order valence-corrected chi connectivity index (χ4v) is 7.18. The van der Waals surface area contributed by atoms with Crippen molar-refractivity contribution in [3.8, 4) is 11.9 Å². The van der Waals surface area contributed by atoms with E-state index in [1.165, 1.54) is 11.9 Å². The van der Waals surface area contributed by atoms with Crippen molar-refractivity contribution >= 4 is 50.0 Å². The van der Waals surface area contributed by atoms with E-state index < -0.39 is 18.5 Å². The Balaban J connectivity index is 1.09. The van der Waals surface area contributed by atoms with Crippen LogP contribution in [-0.4, -0.2) is 60.7 Å². The van der Waals surface area contributed by atoms with Crippen molar-refractivity contribution < 1.29 is 23.1 Å². The number of piperidine rings is 1. The summed E-state index contributed by atoms with van der Waals surface area (Å²) in [6.07, 6.45) is -0.603. The second-order valence-corrected chi connectivity index (χ2v) is 13.0. The minimum atomic E-state index is -4.27. The summed E-state index contributed by atoms with van der Waals surface area (Å²) in [5, 5.41) is 28.0. The number of fused-ring (bicyclic) bond motifs is 2. The quantitative estimate of drug-likeness (QED) is 0.144. The SMILES string of the molecule is C=CC(=O)Nc1ccc(CCn2c(C#N)cc3c(C)c(CN4CCC(Nc5ncnc6sc(CC(F)(F)F)cc56)CC4)ccc32)c(O)n1. The van der Waals surface area contributed by atoms with E-state index >= 15 is 0 Å². The lowest BCUT2D eigenvalue weighted by Crippen LogP contribution is -2.39. The van der Waals surface area contributed by atoms with Crippen LogP contribution in [0, 0.1) is 18.3 Å². The highest BCUT2D eigenvalue weighted by molar-refractivity contribution is 7.18. The van der Waals surface area contributed by atoms with Gasteiger partial charge in [-0.3, -0.25) is 9.69 Å². The molecule has 48 heavy (non-hydrogen) atoms. The smallest absolute Gasteiger partial charge is 0.393 e. The molecule has 1 amide bonds. The molecule has 0 unspecified atom stereocenters. The van der Waals surface area contributed by atoms with Crippen LogP contribution in [-0.2, 0) is 30.7 Å². The zero-order valence-electron chi connectivity index (χ0n) is 26.1. The first-order chi connectivity index (χ1) is 23.0. The van der Waals surface area contributed by atoms with Crippen molar-refractivity contribution in [2.24, 2.45) is 0 Å². The van der Waals surface area contributed by atoms with Gasteiger partial charge in [0.15, 0.2) is 0 Å². The minimum Gasteiger partial charge on any atom is -0.493 e. The Hall–Kier alpha value is -5.00. The van der Waals surface area contributed by atoms with E-state index in [4.69, 9.17) is 0 Å². The minimum absolute atomic E-state index is 0.137. The molecule has 4 aromatic heterocycles. The number of aryl methyl sites for hydroxylation is 3. The normalized spacial score (nSPS) is 14.3. The highest BCUT2D eigenvalue weighted by Crippen LogP contribution is 2.34. The van der Waals surface area contributed by atoms with Gasteiger partial charge in [-0.15, -0.1) is 11.3 Å². The van der Waals surface area contributed by atoms with E-state index in [1.807, 2.05) is 16.7 Å². The lowest BCUT2D eigenvalue weighted by molar-refractivity contribution is -0.126. The zero-order valence-corrected chi connectivity index (χ0v) is 27.0. The van der Waals surface area contributed by atoms with E-state index in [0.29, 0.717) is 40.3 Å². The number of benzene rings is 1. The van der Waals surface area contributed by atoms with Crippen molar-refractivity contribution in [3.05, 3.63) is 82.6 Å². The van der Waals surface area contributed by atoms with Gasteiger partial charge in [-0.2, -0.15) is 23.4 Å². The van der Waals surface area contributed by atoms with Crippen LogP contribution in [0.1, 0.15) is 40.1 Å². The molecule has 10 nitrogen and oxygen atoms in total. The molecule has 3 N–H and O–H groups in total. The Kier molecular flexibility index (Phi) is 9.34. The van der Waals surface area contributed by atoms with E-state index in [-0.39, 0.29) is 22.6 Å². The van der Waals surface area contributed by atoms with Crippen molar-refractivity contribution in [3.63, 3.8) is 0 Å². The lowest BCUT2D eigenvalue weighted by Gasteiger charge is -2.33. The number of halogens is 3. The summed E-state index contributed by atoms with van der Waals surface area (Å²) in [7, 11) is 0. The molecule has 1 aliphatic heterocycles. The standard InChI is InChI=1S/C34H33F3N8O2S/c1-3-30(46)42-29-7-5-21(32(47)43-29)8-13-45-24(17-38)14-26-20(2)22(4-6-28(26)45)18-44-11-9-23(10-12-44)41-31-27-15-25(16-34(35,36)37)48-33(27)40-19-39-31/h3-7,14-15,19,23H,1,8-13,16,18H2,2H3,(H,39,40,41)(H2,42,43,46,47). The van der Waals surface area contributed by atoms with Gasteiger partial charge in [-0.1, -0.05) is 12.6 Å². The highest BCUT2D eigenvalue weighted by Gasteiger charge is 2.29. The summed E-state index contributed by atoms with van der Waals surface area (Å²) < 4.78 is 40.8. The van der Waals surface area contributed by atoms with Gasteiger partial charge in [0.25, 0.3) is 0 Å². The fourth-order valence-electron chi connectivity index (χ4n) is 6.15. The molecule has 1 aromatic carbocycles. The van der Waals surface area contributed by atoms with Crippen LogP contribution in [0.15, 0.2) is 55.4 Å². The van der Waals surface area contributed by atoms with Gasteiger partial charge in [0.1, 0.15) is 34.6 Å². The van der Waals surface area contributed by atoms with Gasteiger partial charge in [-0.25, -0.2) is 9.97 Å². The molecule has 5 aromatic rings. The number of carbonyl (C=O) groups excluding carboxylic acids is 1. The number of pyridine rings is 1. The molecule has 0 radical (unpaired) electrons.